The van der Waals surface area contributed by atoms with Gasteiger partial charge in [0, 0.05) is 0 Å². The number of hydrogen-bond acceptors (Lipinski definition) is 4. The number of aliphatic hydroxyl groups excluding tert-OH is 1. The largest absolute Gasteiger partial charge is 0.351 e. The van der Waals surface area contributed by atoms with Gasteiger partial charge in [0.15, 0.2) is 0 Å². The van der Waals surface area contributed by atoms with Crippen LogP contribution in [0.15, 0.2) is 0 Å². The van der Waals surface area contributed by atoms with Crippen LogP contribution < -0.4 is 5.32 Å². The molecule has 0 aliphatic carbocycles. The van der Waals surface area contributed by atoms with Gasteiger partial charge in [-0.15, -0.1) is 0 Å². The minimum Gasteiger partial charge on any atom is -0.351 e. The van der Waals surface area contributed by atoms with Crippen LogP contribution in [0.2, 0.25) is 0 Å². The molecule has 0 radical (unpaired) electrons. The number of hydrogen-bond donors (Lipinski definition) is 3. The van der Waals surface area contributed by atoms with Gasteiger partial charge in [-0.05, 0) is 6.92 Å². The highest BCUT2D eigenvalue weighted by molar-refractivity contribution is 6.03. The topological polar surface area (TPSA) is 89.9 Å². The van der Waals surface area contributed by atoms with Crippen molar-refractivity contribution >= 4 is 11.9 Å². The third-order valence-electron chi connectivity index (χ3n) is 1.51. The van der Waals surface area contributed by atoms with Gasteiger partial charge >= 0.3 is 6.03 Å². The molecule has 1 rings (SSSR count). The molecule has 1 unspecified atom stereocenters. The van der Waals surface area contributed by atoms with Gasteiger partial charge in [0.05, 0.1) is 0 Å². The molecule has 6 heteroatoms. The first-order valence-electron chi connectivity index (χ1n) is 3.03. The lowest BCUT2D eigenvalue weighted by molar-refractivity contribution is -0.146. The van der Waals surface area contributed by atoms with Gasteiger partial charge < -0.3 is 10.2 Å². The van der Waals surface area contributed by atoms with Crippen molar-refractivity contribution in [2.75, 3.05) is 0 Å². The lowest BCUT2D eigenvalue weighted by atomic mass is 10.3. The Morgan fingerprint density at radius 1 is 1.55 bits per heavy atom. The fraction of sp³-hybridized carbons (Fsp3) is 0.600. The smallest absolute Gasteiger partial charge is 0.328 e. The Morgan fingerprint density at radius 2 is 2.09 bits per heavy atom. The van der Waals surface area contributed by atoms with Crippen LogP contribution in [0.1, 0.15) is 6.92 Å². The zero-order valence-corrected chi connectivity index (χ0v) is 5.81. The van der Waals surface area contributed by atoms with E-state index in [1.54, 1.807) is 0 Å². The average molecular weight is 160 g/mol. The second-order valence-corrected chi connectivity index (χ2v) is 2.22. The number of imide groups is 1. The maximum Gasteiger partial charge on any atom is 0.328 e. The SMILES string of the molecule is CC1C(=O)NC(=O)N1C(O)O. The van der Waals surface area contributed by atoms with E-state index in [-0.39, 0.29) is 0 Å². The van der Waals surface area contributed by atoms with Gasteiger partial charge in [-0.25, -0.2) is 4.79 Å². The van der Waals surface area contributed by atoms with Crippen molar-refractivity contribution in [1.29, 1.82) is 0 Å². The van der Waals surface area contributed by atoms with E-state index in [2.05, 4.69) is 0 Å². The van der Waals surface area contributed by atoms with Gasteiger partial charge in [-0.3, -0.25) is 15.0 Å². The van der Waals surface area contributed by atoms with Crippen LogP contribution in [-0.4, -0.2) is 39.5 Å². The molecule has 0 aromatic carbocycles. The number of carbonyl (C=O) groups excluding carboxylic acids is 2. The predicted molar refractivity (Wildman–Crippen MR) is 33.1 cm³/mol. The minimum absolute atomic E-state index is 0.525. The van der Waals surface area contributed by atoms with E-state index in [9.17, 15) is 9.59 Å². The zero-order chi connectivity index (χ0) is 8.59. The number of aliphatic hydroxyl groups is 2. The number of nitrogens with one attached hydrogen (secondary N) is 1. The van der Waals surface area contributed by atoms with E-state index in [0.29, 0.717) is 4.90 Å². The lowest BCUT2D eigenvalue weighted by Gasteiger charge is -2.19. The van der Waals surface area contributed by atoms with E-state index in [0.717, 1.165) is 0 Å². The Bertz CT molecular complexity index is 203. The summed E-state index contributed by atoms with van der Waals surface area (Å²) in [5, 5.41) is 19.1. The molecule has 0 saturated carbocycles. The van der Waals surface area contributed by atoms with Crippen molar-refractivity contribution < 1.29 is 19.8 Å². The van der Waals surface area contributed by atoms with Crippen molar-refractivity contribution in [3.05, 3.63) is 0 Å². The summed E-state index contributed by atoms with van der Waals surface area (Å²) in [5.74, 6) is -0.525. The van der Waals surface area contributed by atoms with Crippen molar-refractivity contribution in [3.8, 4) is 0 Å². The van der Waals surface area contributed by atoms with E-state index in [4.69, 9.17) is 10.2 Å². The van der Waals surface area contributed by atoms with Crippen LogP contribution in [0.3, 0.4) is 0 Å². The van der Waals surface area contributed by atoms with E-state index >= 15 is 0 Å². The summed E-state index contributed by atoms with van der Waals surface area (Å²) < 4.78 is 0. The molecule has 1 atom stereocenters. The highest BCUT2D eigenvalue weighted by Crippen LogP contribution is 2.08. The molecule has 1 heterocycles. The van der Waals surface area contributed by atoms with Crippen molar-refractivity contribution in [1.82, 2.24) is 10.2 Å². The highest BCUT2D eigenvalue weighted by atomic mass is 16.5. The molecule has 1 saturated heterocycles. The first kappa shape index (κ1) is 7.96. The van der Waals surface area contributed by atoms with Crippen LogP contribution in [0.5, 0.6) is 0 Å². The fourth-order valence-corrected chi connectivity index (χ4v) is 0.881. The third-order valence-corrected chi connectivity index (χ3v) is 1.51. The summed E-state index contributed by atoms with van der Waals surface area (Å²) >= 11 is 0. The van der Waals surface area contributed by atoms with Gasteiger partial charge in [-0.2, -0.15) is 0 Å². The van der Waals surface area contributed by atoms with E-state index < -0.39 is 24.4 Å². The number of carbonyl (C=O) groups is 2. The summed E-state index contributed by atoms with van der Waals surface area (Å²) in [5.41, 5.74) is 0. The molecule has 0 spiro atoms. The molecule has 1 aliphatic heterocycles. The average Bonchev–Trinajstić information content (AvgIpc) is 2.07. The molecule has 1 aliphatic rings. The van der Waals surface area contributed by atoms with Gasteiger partial charge in [0.25, 0.3) is 5.91 Å². The molecule has 0 bridgehead atoms. The second kappa shape index (κ2) is 2.48. The lowest BCUT2D eigenvalue weighted by Crippen LogP contribution is -2.41. The van der Waals surface area contributed by atoms with Gasteiger partial charge in [0.1, 0.15) is 6.04 Å². The Kier molecular flexibility index (Phi) is 1.79. The number of urea groups is 1. The van der Waals surface area contributed by atoms with Crippen LogP contribution in [0.4, 0.5) is 4.79 Å². The summed E-state index contributed by atoms with van der Waals surface area (Å²) in [6.45, 7) is 1.40. The molecule has 0 aromatic rings. The molecule has 1 fully saturated rings. The fourth-order valence-electron chi connectivity index (χ4n) is 0.881. The summed E-state index contributed by atoms with van der Waals surface area (Å²) in [6, 6.07) is -1.60. The highest BCUT2D eigenvalue weighted by Gasteiger charge is 2.38. The van der Waals surface area contributed by atoms with Crippen molar-refractivity contribution in [3.63, 3.8) is 0 Å². The Labute approximate surface area is 62.4 Å². The maximum atomic E-state index is 10.7. The maximum absolute atomic E-state index is 10.7. The normalized spacial score (nSPS) is 24.7. The van der Waals surface area contributed by atoms with Crippen LogP contribution >= 0.6 is 0 Å². The van der Waals surface area contributed by atoms with Gasteiger partial charge in [-0.1, -0.05) is 0 Å². The van der Waals surface area contributed by atoms with Crippen LogP contribution in [0, 0.1) is 0 Å². The predicted octanol–water partition coefficient (Wildman–Crippen LogP) is -1.81. The quantitative estimate of drug-likeness (QED) is 0.311. The molecule has 6 nitrogen and oxygen atoms in total. The van der Waals surface area contributed by atoms with E-state index in [1.807, 2.05) is 5.32 Å². The summed E-state index contributed by atoms with van der Waals surface area (Å²) in [6.07, 6.45) is -1.92. The first-order chi connectivity index (χ1) is 5.04. The molecular formula is C5H8N2O4. The number of amides is 3. The molecule has 3 amide bonds. The van der Waals surface area contributed by atoms with Crippen molar-refractivity contribution in [2.24, 2.45) is 0 Å². The standard InChI is InChI=1S/C5H8N2O4/c1-2-3(8)6-4(9)7(2)5(10)11/h2,5,10-11H,1H3,(H,6,8,9). The summed E-state index contributed by atoms with van der Waals surface area (Å²) in [7, 11) is 0. The zero-order valence-electron chi connectivity index (χ0n) is 5.81. The Hall–Kier alpha value is -1.14. The van der Waals surface area contributed by atoms with Crippen molar-refractivity contribution in [2.45, 2.75) is 19.4 Å². The van der Waals surface area contributed by atoms with Gasteiger partial charge in [0.2, 0.25) is 6.41 Å². The van der Waals surface area contributed by atoms with Crippen LogP contribution in [0.25, 0.3) is 0 Å². The van der Waals surface area contributed by atoms with Crippen LogP contribution in [-0.2, 0) is 4.79 Å². The summed E-state index contributed by atoms with van der Waals surface area (Å²) in [4.78, 5) is 22.1. The molecule has 11 heavy (non-hydrogen) atoms. The molecular weight excluding hydrogens is 152 g/mol. The minimum atomic E-state index is -1.92. The first-order valence-corrected chi connectivity index (χ1v) is 3.03. The molecule has 0 aromatic heterocycles. The Morgan fingerprint density at radius 3 is 2.27 bits per heavy atom. The Balaban J connectivity index is 2.79. The monoisotopic (exact) mass is 160 g/mol. The molecule has 3 N–H and O–H groups in total. The number of rotatable bonds is 1. The number of nitrogens with zero attached hydrogens (tertiary/aromatic N) is 1. The third kappa shape index (κ3) is 1.17. The second-order valence-electron chi connectivity index (χ2n) is 2.22. The van der Waals surface area contributed by atoms with E-state index in [1.165, 1.54) is 6.92 Å². The molecule has 62 valence electrons.